The largest absolute Gasteiger partial charge is 0.481 e. The highest BCUT2D eigenvalue weighted by Gasteiger charge is 2.46. The molecule has 1 amide bonds. The molecule has 5 heteroatoms. The third-order valence-corrected chi connectivity index (χ3v) is 5.10. The number of methoxy groups -OCH3 is 1. The molecule has 23 heavy (non-hydrogen) atoms. The van der Waals surface area contributed by atoms with E-state index in [1.54, 1.807) is 19.2 Å². The minimum atomic E-state index is -1.10. The monoisotopic (exact) mass is 319 g/mol. The van der Waals surface area contributed by atoms with E-state index in [0.29, 0.717) is 18.6 Å². The SMILES string of the molecule is CCC(CNC(=O)C1(COC)CCC1)(C(=O)O)c1ccccc1. The van der Waals surface area contributed by atoms with Crippen LogP contribution in [0, 0.1) is 5.41 Å². The van der Waals surface area contributed by atoms with Crippen molar-refractivity contribution in [2.45, 2.75) is 38.0 Å². The summed E-state index contributed by atoms with van der Waals surface area (Å²) in [5.74, 6) is -1.01. The minimum Gasteiger partial charge on any atom is -0.481 e. The molecular formula is C18H25NO4. The first-order chi connectivity index (χ1) is 11.0. The molecule has 1 unspecified atom stereocenters. The number of aliphatic carboxylic acids is 1. The van der Waals surface area contributed by atoms with Gasteiger partial charge in [0.05, 0.1) is 12.0 Å². The van der Waals surface area contributed by atoms with E-state index in [1.165, 1.54) is 0 Å². The van der Waals surface area contributed by atoms with Crippen LogP contribution in [0.2, 0.25) is 0 Å². The van der Waals surface area contributed by atoms with Crippen LogP contribution in [0.5, 0.6) is 0 Å². The Morgan fingerprint density at radius 1 is 1.30 bits per heavy atom. The standard InChI is InChI=1S/C18H25NO4/c1-3-18(16(21)22,14-8-5-4-6-9-14)12-19-15(20)17(13-23-2)10-7-11-17/h4-6,8-9H,3,7,10-13H2,1-2H3,(H,19,20)(H,21,22). The first kappa shape index (κ1) is 17.5. The van der Waals surface area contributed by atoms with Gasteiger partial charge in [-0.25, -0.2) is 0 Å². The molecule has 0 heterocycles. The fourth-order valence-electron chi connectivity index (χ4n) is 3.27. The van der Waals surface area contributed by atoms with Crippen LogP contribution in [-0.4, -0.2) is 37.2 Å². The molecule has 2 N–H and O–H groups in total. The van der Waals surface area contributed by atoms with Crippen molar-refractivity contribution in [3.8, 4) is 0 Å². The lowest BCUT2D eigenvalue weighted by molar-refractivity contribution is -0.145. The van der Waals surface area contributed by atoms with Gasteiger partial charge in [0.2, 0.25) is 5.91 Å². The average Bonchev–Trinajstić information content (AvgIpc) is 2.52. The molecule has 1 fully saturated rings. The van der Waals surface area contributed by atoms with Gasteiger partial charge in [-0.2, -0.15) is 0 Å². The van der Waals surface area contributed by atoms with Crippen LogP contribution in [0.25, 0.3) is 0 Å². The van der Waals surface area contributed by atoms with Crippen LogP contribution in [-0.2, 0) is 19.7 Å². The molecule has 5 nitrogen and oxygen atoms in total. The van der Waals surface area contributed by atoms with Crippen LogP contribution in [0.15, 0.2) is 30.3 Å². The predicted octanol–water partition coefficient (Wildman–Crippen LogP) is 2.35. The highest BCUT2D eigenvalue weighted by Crippen LogP contribution is 2.41. The Kier molecular flexibility index (Phi) is 5.42. The number of hydrogen-bond donors (Lipinski definition) is 2. The molecule has 1 saturated carbocycles. The van der Waals surface area contributed by atoms with Crippen LogP contribution in [0.1, 0.15) is 38.2 Å². The number of ether oxygens (including phenoxy) is 1. The molecule has 0 aromatic heterocycles. The smallest absolute Gasteiger partial charge is 0.315 e. The Morgan fingerprint density at radius 2 is 1.96 bits per heavy atom. The van der Waals surface area contributed by atoms with Gasteiger partial charge < -0.3 is 15.2 Å². The zero-order valence-corrected chi connectivity index (χ0v) is 13.8. The summed E-state index contributed by atoms with van der Waals surface area (Å²) in [5, 5.41) is 12.7. The topological polar surface area (TPSA) is 75.6 Å². The Hall–Kier alpha value is -1.88. The van der Waals surface area contributed by atoms with Crippen molar-refractivity contribution in [3.05, 3.63) is 35.9 Å². The van der Waals surface area contributed by atoms with E-state index in [-0.39, 0.29) is 12.5 Å². The quantitative estimate of drug-likeness (QED) is 0.771. The fourth-order valence-corrected chi connectivity index (χ4v) is 3.27. The highest BCUT2D eigenvalue weighted by molar-refractivity contribution is 5.86. The Morgan fingerprint density at radius 3 is 2.39 bits per heavy atom. The first-order valence-electron chi connectivity index (χ1n) is 8.07. The van der Waals surface area contributed by atoms with Crippen LogP contribution in [0.4, 0.5) is 0 Å². The Labute approximate surface area is 137 Å². The van der Waals surface area contributed by atoms with Gasteiger partial charge in [-0.15, -0.1) is 0 Å². The minimum absolute atomic E-state index is 0.0904. The van der Waals surface area contributed by atoms with Gasteiger partial charge in [-0.3, -0.25) is 9.59 Å². The van der Waals surface area contributed by atoms with Gasteiger partial charge in [-0.1, -0.05) is 43.7 Å². The van der Waals surface area contributed by atoms with Crippen molar-refractivity contribution in [2.24, 2.45) is 5.41 Å². The van der Waals surface area contributed by atoms with Crippen molar-refractivity contribution in [1.29, 1.82) is 0 Å². The maximum atomic E-state index is 12.6. The second-order valence-electron chi connectivity index (χ2n) is 6.36. The molecule has 0 saturated heterocycles. The summed E-state index contributed by atoms with van der Waals surface area (Å²) >= 11 is 0. The van der Waals surface area contributed by atoms with Gasteiger partial charge in [0.1, 0.15) is 5.41 Å². The molecule has 1 aromatic carbocycles. The van der Waals surface area contributed by atoms with E-state index in [2.05, 4.69) is 5.32 Å². The number of rotatable bonds is 8. The van der Waals surface area contributed by atoms with E-state index >= 15 is 0 Å². The molecule has 126 valence electrons. The van der Waals surface area contributed by atoms with Crippen molar-refractivity contribution >= 4 is 11.9 Å². The normalized spacial score (nSPS) is 18.5. The highest BCUT2D eigenvalue weighted by atomic mass is 16.5. The predicted molar refractivity (Wildman–Crippen MR) is 87.2 cm³/mol. The van der Waals surface area contributed by atoms with E-state index in [9.17, 15) is 14.7 Å². The maximum absolute atomic E-state index is 12.6. The van der Waals surface area contributed by atoms with Crippen LogP contribution < -0.4 is 5.32 Å². The summed E-state index contributed by atoms with van der Waals surface area (Å²) < 4.78 is 5.18. The zero-order chi connectivity index (χ0) is 16.9. The number of carboxylic acids is 1. The number of amides is 1. The van der Waals surface area contributed by atoms with Crippen molar-refractivity contribution in [1.82, 2.24) is 5.32 Å². The number of carboxylic acid groups (broad SMARTS) is 1. The van der Waals surface area contributed by atoms with Crippen molar-refractivity contribution in [3.63, 3.8) is 0 Å². The fraction of sp³-hybridized carbons (Fsp3) is 0.556. The number of benzene rings is 1. The van der Waals surface area contributed by atoms with Gasteiger partial charge in [0.15, 0.2) is 0 Å². The van der Waals surface area contributed by atoms with E-state index < -0.39 is 16.8 Å². The molecule has 0 aliphatic heterocycles. The number of nitrogens with one attached hydrogen (secondary N) is 1. The van der Waals surface area contributed by atoms with Crippen LogP contribution >= 0.6 is 0 Å². The Balaban J connectivity index is 2.16. The molecule has 1 atom stereocenters. The molecule has 1 aliphatic rings. The average molecular weight is 319 g/mol. The van der Waals surface area contributed by atoms with Crippen molar-refractivity contribution < 1.29 is 19.4 Å². The Bertz CT molecular complexity index is 553. The number of carbonyl (C=O) groups is 2. The zero-order valence-electron chi connectivity index (χ0n) is 13.8. The third kappa shape index (κ3) is 3.24. The lowest BCUT2D eigenvalue weighted by Crippen LogP contribution is -2.53. The summed E-state index contributed by atoms with van der Waals surface area (Å²) in [6, 6.07) is 9.11. The third-order valence-electron chi connectivity index (χ3n) is 5.10. The van der Waals surface area contributed by atoms with E-state index in [1.807, 2.05) is 25.1 Å². The van der Waals surface area contributed by atoms with E-state index in [0.717, 1.165) is 19.3 Å². The number of hydrogen-bond acceptors (Lipinski definition) is 3. The molecule has 2 rings (SSSR count). The summed E-state index contributed by atoms with van der Waals surface area (Å²) in [4.78, 5) is 24.5. The summed E-state index contributed by atoms with van der Waals surface area (Å²) in [7, 11) is 1.59. The molecule has 0 spiro atoms. The van der Waals surface area contributed by atoms with Crippen molar-refractivity contribution in [2.75, 3.05) is 20.3 Å². The summed E-state index contributed by atoms with van der Waals surface area (Å²) in [6.07, 6.45) is 3.01. The van der Waals surface area contributed by atoms with E-state index in [4.69, 9.17) is 4.74 Å². The van der Waals surface area contributed by atoms with Gasteiger partial charge in [0.25, 0.3) is 0 Å². The lowest BCUT2D eigenvalue weighted by atomic mass is 9.68. The first-order valence-corrected chi connectivity index (χ1v) is 8.07. The van der Waals surface area contributed by atoms with Crippen LogP contribution in [0.3, 0.4) is 0 Å². The van der Waals surface area contributed by atoms with Gasteiger partial charge in [-0.05, 0) is 24.8 Å². The molecule has 0 bridgehead atoms. The molecule has 1 aliphatic carbocycles. The summed E-state index contributed by atoms with van der Waals surface area (Å²) in [5.41, 5.74) is -0.872. The summed E-state index contributed by atoms with van der Waals surface area (Å²) in [6.45, 7) is 2.31. The molecule has 0 radical (unpaired) electrons. The van der Waals surface area contributed by atoms with Gasteiger partial charge in [0, 0.05) is 13.7 Å². The second kappa shape index (κ2) is 7.13. The van der Waals surface area contributed by atoms with Gasteiger partial charge >= 0.3 is 5.97 Å². The second-order valence-corrected chi connectivity index (χ2v) is 6.36. The molecular weight excluding hydrogens is 294 g/mol. The molecule has 1 aromatic rings. The maximum Gasteiger partial charge on any atom is 0.315 e. The number of carbonyl (C=O) groups excluding carboxylic acids is 1. The lowest BCUT2D eigenvalue weighted by Gasteiger charge is -2.40.